The summed E-state index contributed by atoms with van der Waals surface area (Å²) in [5.74, 6) is -0.143. The van der Waals surface area contributed by atoms with Gasteiger partial charge in [0.15, 0.2) is 0 Å². The number of hydrogen-bond donors (Lipinski definition) is 3. The maximum absolute atomic E-state index is 11.5. The fourth-order valence-corrected chi connectivity index (χ4v) is 2.30. The Morgan fingerprint density at radius 3 is 2.70 bits per heavy atom. The zero-order chi connectivity index (χ0) is 14.5. The Hall–Kier alpha value is -2.01. The summed E-state index contributed by atoms with van der Waals surface area (Å²) in [6.07, 6.45) is 0. The monoisotopic (exact) mass is 333 g/mol. The highest BCUT2D eigenvalue weighted by Crippen LogP contribution is 2.21. The summed E-state index contributed by atoms with van der Waals surface area (Å²) >= 11 is 3.44. The normalized spacial score (nSPS) is 10.1. The zero-order valence-electron chi connectivity index (χ0n) is 11.1. The van der Waals surface area contributed by atoms with E-state index in [2.05, 4.69) is 26.6 Å². The number of carbonyl (C=O) groups excluding carboxylic acids is 1. The third-order valence-electron chi connectivity index (χ3n) is 2.91. The lowest BCUT2D eigenvalue weighted by molar-refractivity contribution is 0.0963. The first-order valence-corrected chi connectivity index (χ1v) is 6.99. The minimum absolute atomic E-state index is 0.143. The van der Waals surface area contributed by atoms with Crippen molar-refractivity contribution in [2.45, 2.75) is 6.54 Å². The summed E-state index contributed by atoms with van der Waals surface area (Å²) in [6.45, 7) is 0.670. The topological polar surface area (TPSA) is 67.2 Å². The van der Waals surface area contributed by atoms with Crippen LogP contribution in [0.15, 0.2) is 46.9 Å². The summed E-state index contributed by atoms with van der Waals surface area (Å²) in [6, 6.07) is 13.3. The number of hydrogen-bond acceptors (Lipinski definition) is 3. The molecule has 0 atom stereocenters. The Labute approximate surface area is 126 Å². The van der Waals surface area contributed by atoms with E-state index in [1.54, 1.807) is 19.2 Å². The maximum atomic E-state index is 11.5. The summed E-state index contributed by atoms with van der Waals surface area (Å²) in [5.41, 5.74) is 9.03. The molecule has 5 heteroatoms. The van der Waals surface area contributed by atoms with Crippen LogP contribution in [0, 0.1) is 0 Å². The number of benzene rings is 2. The van der Waals surface area contributed by atoms with Gasteiger partial charge >= 0.3 is 0 Å². The van der Waals surface area contributed by atoms with Crippen molar-refractivity contribution in [1.29, 1.82) is 0 Å². The Kier molecular flexibility index (Phi) is 4.63. The molecular formula is C15H16BrN3O. The quantitative estimate of drug-likeness (QED) is 0.753. The van der Waals surface area contributed by atoms with Crippen LogP contribution in [0.2, 0.25) is 0 Å². The van der Waals surface area contributed by atoms with Crippen LogP contribution < -0.4 is 16.4 Å². The van der Waals surface area contributed by atoms with Gasteiger partial charge in [0.2, 0.25) is 0 Å². The lowest BCUT2D eigenvalue weighted by Crippen LogP contribution is -2.18. The van der Waals surface area contributed by atoms with Crippen LogP contribution >= 0.6 is 15.9 Å². The van der Waals surface area contributed by atoms with Gasteiger partial charge < -0.3 is 16.4 Å². The molecule has 0 bridgehead atoms. The fraction of sp³-hybridized carbons (Fsp3) is 0.133. The smallest absolute Gasteiger partial charge is 0.251 e. The molecule has 0 fully saturated rings. The number of nitrogen functional groups attached to an aromatic ring is 1. The molecule has 2 rings (SSSR count). The van der Waals surface area contributed by atoms with Gasteiger partial charge in [0.05, 0.1) is 11.4 Å². The van der Waals surface area contributed by atoms with Crippen LogP contribution in [0.1, 0.15) is 15.9 Å². The molecule has 0 unspecified atom stereocenters. The van der Waals surface area contributed by atoms with E-state index >= 15 is 0 Å². The van der Waals surface area contributed by atoms with E-state index < -0.39 is 0 Å². The molecule has 4 N–H and O–H groups in total. The van der Waals surface area contributed by atoms with Gasteiger partial charge in [-0.1, -0.05) is 28.1 Å². The molecule has 0 radical (unpaired) electrons. The molecule has 2 aromatic carbocycles. The average molecular weight is 334 g/mol. The van der Waals surface area contributed by atoms with Crippen molar-refractivity contribution in [3.8, 4) is 0 Å². The number of anilines is 2. The minimum Gasteiger partial charge on any atom is -0.397 e. The molecule has 0 heterocycles. The second-order valence-electron chi connectivity index (χ2n) is 4.36. The summed E-state index contributed by atoms with van der Waals surface area (Å²) in [4.78, 5) is 11.5. The molecule has 104 valence electrons. The number of carbonyl (C=O) groups is 1. The number of rotatable bonds is 4. The van der Waals surface area contributed by atoms with E-state index in [9.17, 15) is 4.79 Å². The van der Waals surface area contributed by atoms with Gasteiger partial charge in [-0.2, -0.15) is 0 Å². The molecule has 0 saturated carbocycles. The Balaban J connectivity index is 2.08. The average Bonchev–Trinajstić information content (AvgIpc) is 2.45. The van der Waals surface area contributed by atoms with E-state index in [4.69, 9.17) is 5.73 Å². The largest absolute Gasteiger partial charge is 0.397 e. The highest BCUT2D eigenvalue weighted by atomic mass is 79.9. The van der Waals surface area contributed by atoms with Crippen molar-refractivity contribution in [3.63, 3.8) is 0 Å². The van der Waals surface area contributed by atoms with E-state index in [1.165, 1.54) is 0 Å². The molecule has 0 aliphatic rings. The zero-order valence-corrected chi connectivity index (χ0v) is 12.7. The van der Waals surface area contributed by atoms with E-state index in [-0.39, 0.29) is 5.91 Å². The van der Waals surface area contributed by atoms with Crippen molar-refractivity contribution in [2.24, 2.45) is 0 Å². The van der Waals surface area contributed by atoms with E-state index in [0.29, 0.717) is 17.8 Å². The van der Waals surface area contributed by atoms with Crippen LogP contribution in [0.4, 0.5) is 11.4 Å². The predicted molar refractivity (Wildman–Crippen MR) is 85.7 cm³/mol. The molecule has 0 saturated heterocycles. The van der Waals surface area contributed by atoms with Gasteiger partial charge in [0.1, 0.15) is 0 Å². The summed E-state index contributed by atoms with van der Waals surface area (Å²) in [7, 11) is 1.60. The van der Waals surface area contributed by atoms with Crippen molar-refractivity contribution >= 4 is 33.2 Å². The Morgan fingerprint density at radius 1 is 1.25 bits per heavy atom. The summed E-state index contributed by atoms with van der Waals surface area (Å²) in [5, 5.41) is 5.83. The predicted octanol–water partition coefficient (Wildman–Crippen LogP) is 3.00. The van der Waals surface area contributed by atoms with Gasteiger partial charge in [-0.05, 0) is 35.9 Å². The van der Waals surface area contributed by atoms with Gasteiger partial charge in [-0.3, -0.25) is 4.79 Å². The Morgan fingerprint density at radius 2 is 2.05 bits per heavy atom. The molecule has 0 aromatic heterocycles. The number of amides is 1. The van der Waals surface area contributed by atoms with E-state index in [1.807, 2.05) is 30.3 Å². The van der Waals surface area contributed by atoms with Crippen LogP contribution in [-0.4, -0.2) is 13.0 Å². The van der Waals surface area contributed by atoms with Crippen LogP contribution in [0.25, 0.3) is 0 Å². The van der Waals surface area contributed by atoms with Crippen LogP contribution in [-0.2, 0) is 6.54 Å². The molecule has 0 spiro atoms. The SMILES string of the molecule is CNC(=O)c1ccc(NCc2cccc(Br)c2)c(N)c1. The Bertz CT molecular complexity index is 628. The molecule has 20 heavy (non-hydrogen) atoms. The van der Waals surface area contributed by atoms with Gasteiger partial charge in [0.25, 0.3) is 5.91 Å². The third kappa shape index (κ3) is 3.51. The first-order valence-electron chi connectivity index (χ1n) is 6.20. The molecule has 0 aliphatic carbocycles. The van der Waals surface area contributed by atoms with Gasteiger partial charge in [-0.15, -0.1) is 0 Å². The maximum Gasteiger partial charge on any atom is 0.251 e. The number of nitrogens with one attached hydrogen (secondary N) is 2. The van der Waals surface area contributed by atoms with Crippen molar-refractivity contribution in [2.75, 3.05) is 18.1 Å². The van der Waals surface area contributed by atoms with Crippen molar-refractivity contribution < 1.29 is 4.79 Å². The highest BCUT2D eigenvalue weighted by molar-refractivity contribution is 9.10. The van der Waals surface area contributed by atoms with Crippen LogP contribution in [0.5, 0.6) is 0 Å². The standard InChI is InChI=1S/C15H16BrN3O/c1-18-15(20)11-5-6-14(13(17)8-11)19-9-10-3-2-4-12(16)7-10/h2-8,19H,9,17H2,1H3,(H,18,20). The van der Waals surface area contributed by atoms with Crippen molar-refractivity contribution in [3.05, 3.63) is 58.1 Å². The first kappa shape index (κ1) is 14.4. The highest BCUT2D eigenvalue weighted by Gasteiger charge is 2.06. The van der Waals surface area contributed by atoms with Gasteiger partial charge in [0, 0.05) is 23.6 Å². The van der Waals surface area contributed by atoms with Gasteiger partial charge in [-0.25, -0.2) is 0 Å². The first-order chi connectivity index (χ1) is 9.60. The second kappa shape index (κ2) is 6.43. The number of nitrogens with two attached hydrogens (primary N) is 1. The lowest BCUT2D eigenvalue weighted by Gasteiger charge is -2.11. The summed E-state index contributed by atoms with van der Waals surface area (Å²) < 4.78 is 1.04. The minimum atomic E-state index is -0.143. The van der Waals surface area contributed by atoms with E-state index in [0.717, 1.165) is 15.7 Å². The van der Waals surface area contributed by atoms with Crippen molar-refractivity contribution in [1.82, 2.24) is 5.32 Å². The second-order valence-corrected chi connectivity index (χ2v) is 5.28. The molecule has 1 amide bonds. The third-order valence-corrected chi connectivity index (χ3v) is 3.41. The molecule has 0 aliphatic heterocycles. The molecular weight excluding hydrogens is 318 g/mol. The molecule has 2 aromatic rings. The number of halogens is 1. The lowest BCUT2D eigenvalue weighted by atomic mass is 10.1. The fourth-order valence-electron chi connectivity index (χ4n) is 1.85. The molecule has 4 nitrogen and oxygen atoms in total. The van der Waals surface area contributed by atoms with Crippen LogP contribution in [0.3, 0.4) is 0 Å².